The highest BCUT2D eigenvalue weighted by atomic mass is 16.1. The SMILES string of the molecule is CCC(CN)NC(=O)c1cnc(C)cn1. The highest BCUT2D eigenvalue weighted by Gasteiger charge is 2.11. The molecule has 15 heavy (non-hydrogen) atoms. The molecule has 0 fully saturated rings. The minimum atomic E-state index is -0.222. The molecule has 0 aromatic carbocycles. The van der Waals surface area contributed by atoms with Gasteiger partial charge in [-0.15, -0.1) is 0 Å². The summed E-state index contributed by atoms with van der Waals surface area (Å²) >= 11 is 0. The molecule has 1 aromatic rings. The van der Waals surface area contributed by atoms with Gasteiger partial charge in [-0.2, -0.15) is 0 Å². The number of hydrogen-bond acceptors (Lipinski definition) is 4. The number of amides is 1. The third kappa shape index (κ3) is 3.28. The van der Waals surface area contributed by atoms with Gasteiger partial charge in [-0.25, -0.2) is 4.98 Å². The van der Waals surface area contributed by atoms with Gasteiger partial charge in [0.05, 0.1) is 11.9 Å². The second-order valence-electron chi connectivity index (χ2n) is 3.36. The van der Waals surface area contributed by atoms with E-state index in [1.54, 1.807) is 6.20 Å². The van der Waals surface area contributed by atoms with E-state index >= 15 is 0 Å². The van der Waals surface area contributed by atoms with Gasteiger partial charge >= 0.3 is 0 Å². The third-order valence-electron chi connectivity index (χ3n) is 2.13. The fourth-order valence-corrected chi connectivity index (χ4v) is 1.10. The average Bonchev–Trinajstić information content (AvgIpc) is 2.26. The second kappa shape index (κ2) is 5.41. The Morgan fingerprint density at radius 3 is 2.73 bits per heavy atom. The maximum Gasteiger partial charge on any atom is 0.271 e. The van der Waals surface area contributed by atoms with E-state index in [9.17, 15) is 4.79 Å². The van der Waals surface area contributed by atoms with E-state index in [1.165, 1.54) is 6.20 Å². The molecule has 0 radical (unpaired) electrons. The van der Waals surface area contributed by atoms with E-state index in [0.717, 1.165) is 12.1 Å². The van der Waals surface area contributed by atoms with Crippen molar-refractivity contribution in [2.75, 3.05) is 6.54 Å². The molecule has 1 aromatic heterocycles. The van der Waals surface area contributed by atoms with Crippen molar-refractivity contribution in [3.63, 3.8) is 0 Å². The molecule has 1 unspecified atom stereocenters. The average molecular weight is 208 g/mol. The normalized spacial score (nSPS) is 12.2. The van der Waals surface area contributed by atoms with E-state index < -0.39 is 0 Å². The maximum absolute atomic E-state index is 11.6. The monoisotopic (exact) mass is 208 g/mol. The molecule has 0 bridgehead atoms. The van der Waals surface area contributed by atoms with Crippen LogP contribution in [0.4, 0.5) is 0 Å². The molecule has 0 aliphatic carbocycles. The summed E-state index contributed by atoms with van der Waals surface area (Å²) in [5.74, 6) is -0.222. The molecular formula is C10H16N4O. The summed E-state index contributed by atoms with van der Waals surface area (Å²) in [6, 6.07) is 0.000558. The predicted octanol–water partition coefficient (Wildman–Crippen LogP) is 0.252. The van der Waals surface area contributed by atoms with Crippen LogP contribution < -0.4 is 11.1 Å². The second-order valence-corrected chi connectivity index (χ2v) is 3.36. The first-order valence-corrected chi connectivity index (χ1v) is 4.97. The van der Waals surface area contributed by atoms with Crippen LogP contribution in [0, 0.1) is 6.92 Å². The standard InChI is InChI=1S/C10H16N4O/c1-3-8(4-11)14-10(15)9-6-12-7(2)5-13-9/h5-6,8H,3-4,11H2,1-2H3,(H,14,15). The first kappa shape index (κ1) is 11.6. The molecule has 5 nitrogen and oxygen atoms in total. The van der Waals surface area contributed by atoms with Crippen molar-refractivity contribution in [3.05, 3.63) is 23.8 Å². The Kier molecular flexibility index (Phi) is 4.17. The third-order valence-corrected chi connectivity index (χ3v) is 2.13. The molecule has 0 aliphatic heterocycles. The molecule has 3 N–H and O–H groups in total. The van der Waals surface area contributed by atoms with E-state index in [2.05, 4.69) is 15.3 Å². The number of aromatic nitrogens is 2. The molecule has 0 aliphatic rings. The molecular weight excluding hydrogens is 192 g/mol. The summed E-state index contributed by atoms with van der Waals surface area (Å²) in [4.78, 5) is 19.6. The smallest absolute Gasteiger partial charge is 0.271 e. The fraction of sp³-hybridized carbons (Fsp3) is 0.500. The van der Waals surface area contributed by atoms with E-state index in [1.807, 2.05) is 13.8 Å². The molecule has 5 heteroatoms. The molecule has 0 spiro atoms. The molecule has 1 amide bonds. The quantitative estimate of drug-likeness (QED) is 0.743. The van der Waals surface area contributed by atoms with Crippen LogP contribution in [0.25, 0.3) is 0 Å². The van der Waals surface area contributed by atoms with Crippen molar-refractivity contribution in [3.8, 4) is 0 Å². The Bertz CT molecular complexity index is 319. The predicted molar refractivity (Wildman–Crippen MR) is 57.4 cm³/mol. The Hall–Kier alpha value is -1.49. The van der Waals surface area contributed by atoms with Crippen molar-refractivity contribution in [1.82, 2.24) is 15.3 Å². The van der Waals surface area contributed by atoms with Crippen LogP contribution in [0.2, 0.25) is 0 Å². The molecule has 82 valence electrons. The van der Waals surface area contributed by atoms with Gasteiger partial charge in [0.2, 0.25) is 0 Å². The van der Waals surface area contributed by atoms with Crippen LogP contribution in [0.3, 0.4) is 0 Å². The Morgan fingerprint density at radius 2 is 2.27 bits per heavy atom. The number of nitrogens with two attached hydrogens (primary N) is 1. The summed E-state index contributed by atoms with van der Waals surface area (Å²) in [6.07, 6.45) is 3.84. The van der Waals surface area contributed by atoms with Gasteiger partial charge < -0.3 is 11.1 Å². The Balaban J connectivity index is 2.64. The zero-order valence-corrected chi connectivity index (χ0v) is 9.03. The zero-order valence-electron chi connectivity index (χ0n) is 9.03. The van der Waals surface area contributed by atoms with Crippen LogP contribution in [0.15, 0.2) is 12.4 Å². The first-order chi connectivity index (χ1) is 7.17. The number of nitrogens with zero attached hydrogens (tertiary/aromatic N) is 2. The van der Waals surface area contributed by atoms with Crippen LogP contribution in [0.1, 0.15) is 29.5 Å². The molecule has 1 rings (SSSR count). The van der Waals surface area contributed by atoms with E-state index in [0.29, 0.717) is 12.2 Å². The summed E-state index contributed by atoms with van der Waals surface area (Å²) in [7, 11) is 0. The molecule has 0 saturated heterocycles. The van der Waals surface area contributed by atoms with Crippen molar-refractivity contribution < 1.29 is 4.79 Å². The summed E-state index contributed by atoms with van der Waals surface area (Å²) in [5.41, 5.74) is 6.60. The summed E-state index contributed by atoms with van der Waals surface area (Å²) < 4.78 is 0. The van der Waals surface area contributed by atoms with E-state index in [4.69, 9.17) is 5.73 Å². The number of rotatable bonds is 4. The first-order valence-electron chi connectivity index (χ1n) is 4.97. The molecule has 1 atom stereocenters. The minimum absolute atomic E-state index is 0.000558. The van der Waals surface area contributed by atoms with Crippen LogP contribution in [-0.4, -0.2) is 28.5 Å². The van der Waals surface area contributed by atoms with Gasteiger partial charge in [0.1, 0.15) is 5.69 Å². The summed E-state index contributed by atoms with van der Waals surface area (Å²) in [6.45, 7) is 4.23. The minimum Gasteiger partial charge on any atom is -0.347 e. The van der Waals surface area contributed by atoms with Gasteiger partial charge in [0.25, 0.3) is 5.91 Å². The van der Waals surface area contributed by atoms with Gasteiger partial charge in [0.15, 0.2) is 0 Å². The number of carbonyl (C=O) groups excluding carboxylic acids is 1. The number of aryl methyl sites for hydroxylation is 1. The van der Waals surface area contributed by atoms with Gasteiger partial charge in [-0.3, -0.25) is 9.78 Å². The van der Waals surface area contributed by atoms with E-state index in [-0.39, 0.29) is 11.9 Å². The number of hydrogen-bond donors (Lipinski definition) is 2. The number of nitrogens with one attached hydrogen (secondary N) is 1. The Morgan fingerprint density at radius 1 is 1.53 bits per heavy atom. The van der Waals surface area contributed by atoms with Gasteiger partial charge in [0, 0.05) is 18.8 Å². The lowest BCUT2D eigenvalue weighted by atomic mass is 10.2. The topological polar surface area (TPSA) is 80.9 Å². The van der Waals surface area contributed by atoms with Crippen molar-refractivity contribution in [2.24, 2.45) is 5.73 Å². The van der Waals surface area contributed by atoms with Crippen LogP contribution in [0.5, 0.6) is 0 Å². The number of carbonyl (C=O) groups is 1. The lowest BCUT2D eigenvalue weighted by Gasteiger charge is -2.13. The lowest BCUT2D eigenvalue weighted by molar-refractivity contribution is 0.0931. The van der Waals surface area contributed by atoms with Crippen LogP contribution in [-0.2, 0) is 0 Å². The molecule has 1 heterocycles. The molecule has 0 saturated carbocycles. The van der Waals surface area contributed by atoms with Crippen LogP contribution >= 0.6 is 0 Å². The maximum atomic E-state index is 11.6. The summed E-state index contributed by atoms with van der Waals surface area (Å²) in [5, 5.41) is 2.79. The van der Waals surface area contributed by atoms with Crippen molar-refractivity contribution >= 4 is 5.91 Å². The largest absolute Gasteiger partial charge is 0.347 e. The van der Waals surface area contributed by atoms with Gasteiger partial charge in [-0.05, 0) is 13.3 Å². The van der Waals surface area contributed by atoms with Gasteiger partial charge in [-0.1, -0.05) is 6.92 Å². The highest BCUT2D eigenvalue weighted by molar-refractivity contribution is 5.92. The zero-order chi connectivity index (χ0) is 11.3. The lowest BCUT2D eigenvalue weighted by Crippen LogP contribution is -2.40. The fourth-order valence-electron chi connectivity index (χ4n) is 1.10. The van der Waals surface area contributed by atoms with Crippen molar-refractivity contribution in [2.45, 2.75) is 26.3 Å². The van der Waals surface area contributed by atoms with Crippen molar-refractivity contribution in [1.29, 1.82) is 0 Å². The Labute approximate surface area is 89.1 Å². The highest BCUT2D eigenvalue weighted by Crippen LogP contribution is 1.96.